The molecule has 1 fully saturated rings. The van der Waals surface area contributed by atoms with Gasteiger partial charge in [0.15, 0.2) is 0 Å². The van der Waals surface area contributed by atoms with Gasteiger partial charge in [0.05, 0.1) is 24.8 Å². The van der Waals surface area contributed by atoms with Crippen molar-refractivity contribution in [3.05, 3.63) is 22.2 Å². The first kappa shape index (κ1) is 26.8. The van der Waals surface area contributed by atoms with Crippen LogP contribution < -0.4 is 17.2 Å². The number of nitrogens with zero attached hydrogens (tertiary/aromatic N) is 2. The molecule has 180 valence electrons. The van der Waals surface area contributed by atoms with Gasteiger partial charge < -0.3 is 40.9 Å². The molecule has 1 aromatic rings. The summed E-state index contributed by atoms with van der Waals surface area (Å²) in [4.78, 5) is 51.3. The van der Waals surface area contributed by atoms with Crippen LogP contribution in [-0.2, 0) is 31.6 Å². The molecule has 2 unspecified atom stereocenters. The lowest BCUT2D eigenvalue weighted by molar-refractivity contribution is -0.0449. The van der Waals surface area contributed by atoms with Crippen LogP contribution in [0.1, 0.15) is 18.2 Å². The summed E-state index contributed by atoms with van der Waals surface area (Å²) in [6.07, 6.45) is -2.75. The van der Waals surface area contributed by atoms with Gasteiger partial charge in [-0.25, -0.2) is 18.5 Å². The number of aliphatic hydroxyl groups excluding tert-OH is 1. The number of aromatic nitrogens is 2. The zero-order valence-corrected chi connectivity index (χ0v) is 18.5. The largest absolute Gasteiger partial charge is 0.490 e. The molecule has 9 N–H and O–H groups in total. The summed E-state index contributed by atoms with van der Waals surface area (Å²) in [6.45, 7) is -0.877. The predicted octanol–water partition coefficient (Wildman–Crippen LogP) is -1.87. The Hall–Kier alpha value is -1.47. The molecule has 5 atom stereocenters. The highest BCUT2D eigenvalue weighted by Gasteiger charge is 2.43. The topological polar surface area (TPSA) is 276 Å². The summed E-state index contributed by atoms with van der Waals surface area (Å²) < 4.78 is 51.6. The third-order valence-corrected chi connectivity index (χ3v) is 7.44. The standard InChI is InChI=1S/C12H19N4O13P3/c13-3-1-2-7-5-16(12(18)15-11(7)14)10-4-8(17)9(27-10)6-26-31(22,23)29-32(24,25)28-30(19,20)21/h5,8-10,17H,3-4,6,13H2,(H,22,23)(H,24,25)(H2,14,15,18)(H2,19,20,21)/t8-,9+,10+/m0/s1. The van der Waals surface area contributed by atoms with Crippen molar-refractivity contribution < 1.29 is 56.3 Å². The van der Waals surface area contributed by atoms with Crippen LogP contribution >= 0.6 is 23.5 Å². The summed E-state index contributed by atoms with van der Waals surface area (Å²) >= 11 is 0. The number of rotatable bonds is 8. The van der Waals surface area contributed by atoms with E-state index in [0.29, 0.717) is 0 Å². The average molecular weight is 520 g/mol. The number of anilines is 1. The molecule has 0 saturated carbocycles. The molecule has 1 aromatic heterocycles. The second-order valence-electron chi connectivity index (χ2n) is 6.05. The quantitative estimate of drug-likeness (QED) is 0.146. The van der Waals surface area contributed by atoms with E-state index in [1.165, 1.54) is 6.20 Å². The maximum Gasteiger partial charge on any atom is 0.490 e. The fraction of sp³-hybridized carbons (Fsp3) is 0.500. The highest BCUT2D eigenvalue weighted by Crippen LogP contribution is 2.66. The number of hydrogen-bond donors (Lipinski definition) is 7. The molecule has 32 heavy (non-hydrogen) atoms. The second kappa shape index (κ2) is 10.2. The Balaban J connectivity index is 2.08. The van der Waals surface area contributed by atoms with Gasteiger partial charge in [0.1, 0.15) is 18.1 Å². The molecule has 0 bridgehead atoms. The van der Waals surface area contributed by atoms with Gasteiger partial charge >= 0.3 is 29.2 Å². The van der Waals surface area contributed by atoms with E-state index in [4.69, 9.17) is 30.9 Å². The van der Waals surface area contributed by atoms with Crippen LogP contribution in [0.2, 0.25) is 0 Å². The maximum absolute atomic E-state index is 12.1. The Morgan fingerprint density at radius 1 is 1.22 bits per heavy atom. The van der Waals surface area contributed by atoms with E-state index >= 15 is 0 Å². The van der Waals surface area contributed by atoms with Crippen molar-refractivity contribution in [3.8, 4) is 11.8 Å². The van der Waals surface area contributed by atoms with Crippen molar-refractivity contribution in [1.82, 2.24) is 9.55 Å². The van der Waals surface area contributed by atoms with Crippen LogP contribution in [0.3, 0.4) is 0 Å². The number of ether oxygens (including phenoxy) is 1. The van der Waals surface area contributed by atoms with Crippen molar-refractivity contribution >= 4 is 29.3 Å². The Morgan fingerprint density at radius 3 is 2.47 bits per heavy atom. The van der Waals surface area contributed by atoms with E-state index in [1.807, 2.05) is 0 Å². The van der Waals surface area contributed by atoms with Crippen molar-refractivity contribution in [2.75, 3.05) is 18.9 Å². The summed E-state index contributed by atoms with van der Waals surface area (Å²) in [5.74, 6) is 4.97. The summed E-state index contributed by atoms with van der Waals surface area (Å²) in [6, 6.07) is 0. The van der Waals surface area contributed by atoms with Crippen molar-refractivity contribution in [3.63, 3.8) is 0 Å². The summed E-state index contributed by atoms with van der Waals surface area (Å²) in [7, 11) is -16.6. The molecule has 2 rings (SSSR count). The minimum atomic E-state index is -5.69. The lowest BCUT2D eigenvalue weighted by Crippen LogP contribution is -2.29. The molecular weight excluding hydrogens is 501 g/mol. The fourth-order valence-corrected chi connectivity index (χ4v) is 5.47. The monoisotopic (exact) mass is 520 g/mol. The van der Waals surface area contributed by atoms with Crippen LogP contribution in [0.25, 0.3) is 0 Å². The normalized spacial score (nSPS) is 24.9. The van der Waals surface area contributed by atoms with Crippen molar-refractivity contribution in [2.24, 2.45) is 5.73 Å². The molecule has 1 aliphatic rings. The van der Waals surface area contributed by atoms with Crippen molar-refractivity contribution in [1.29, 1.82) is 0 Å². The van der Waals surface area contributed by atoms with Gasteiger partial charge in [-0.3, -0.25) is 9.09 Å². The number of nitrogens with two attached hydrogens (primary N) is 2. The number of aliphatic hydroxyl groups is 1. The van der Waals surface area contributed by atoms with Gasteiger partial charge in [0.2, 0.25) is 0 Å². The molecule has 1 aliphatic heterocycles. The Bertz CT molecular complexity index is 1110. The van der Waals surface area contributed by atoms with E-state index in [9.17, 15) is 28.5 Å². The molecule has 0 amide bonds. The highest BCUT2D eigenvalue weighted by atomic mass is 31.3. The summed E-state index contributed by atoms with van der Waals surface area (Å²) in [5, 5.41) is 10.1. The molecule has 0 aromatic carbocycles. The van der Waals surface area contributed by atoms with Crippen LogP contribution in [-0.4, -0.2) is 59.6 Å². The van der Waals surface area contributed by atoms with Crippen molar-refractivity contribution in [2.45, 2.75) is 24.9 Å². The zero-order valence-electron chi connectivity index (χ0n) is 15.8. The molecule has 0 aliphatic carbocycles. The van der Waals surface area contributed by atoms with Gasteiger partial charge in [0, 0.05) is 12.6 Å². The predicted molar refractivity (Wildman–Crippen MR) is 103 cm³/mol. The van der Waals surface area contributed by atoms with Gasteiger partial charge in [0.25, 0.3) is 0 Å². The molecule has 0 spiro atoms. The molecule has 17 nitrogen and oxygen atoms in total. The molecular formula is C12H19N4O13P3. The first-order valence-corrected chi connectivity index (χ1v) is 12.8. The van der Waals surface area contributed by atoms with Crippen LogP contribution in [0.15, 0.2) is 11.0 Å². The van der Waals surface area contributed by atoms with Gasteiger partial charge in [-0.2, -0.15) is 13.6 Å². The Morgan fingerprint density at radius 2 is 1.88 bits per heavy atom. The lowest BCUT2D eigenvalue weighted by atomic mass is 10.2. The second-order valence-corrected chi connectivity index (χ2v) is 10.5. The first-order chi connectivity index (χ1) is 14.6. The lowest BCUT2D eigenvalue weighted by Gasteiger charge is -2.19. The molecule has 2 heterocycles. The maximum atomic E-state index is 12.1. The SMILES string of the molecule is NCC#Cc1cn([C@H]2C[C@H](O)[C@@H](COP(=O)(O)OP(=O)(O)OP(=O)(O)O)O2)c(=O)nc1N. The molecule has 1 saturated heterocycles. The average Bonchev–Trinajstić information content (AvgIpc) is 2.97. The minimum Gasteiger partial charge on any atom is -0.390 e. The first-order valence-electron chi connectivity index (χ1n) is 8.32. The number of hydrogen-bond acceptors (Lipinski definition) is 12. The number of phosphoric ester groups is 1. The van der Waals surface area contributed by atoms with Gasteiger partial charge in [-0.15, -0.1) is 0 Å². The van der Waals surface area contributed by atoms with Gasteiger partial charge in [-0.1, -0.05) is 11.8 Å². The zero-order chi connectivity index (χ0) is 24.3. The van der Waals surface area contributed by atoms with Crippen LogP contribution in [0.5, 0.6) is 0 Å². The van der Waals surface area contributed by atoms with Crippen LogP contribution in [0, 0.1) is 11.8 Å². The van der Waals surface area contributed by atoms with E-state index in [1.54, 1.807) is 0 Å². The molecule has 20 heteroatoms. The van der Waals surface area contributed by atoms with E-state index < -0.39 is 54.2 Å². The number of phosphoric acid groups is 3. The third-order valence-electron chi connectivity index (χ3n) is 3.64. The smallest absolute Gasteiger partial charge is 0.390 e. The minimum absolute atomic E-state index is 0.0138. The Kier molecular flexibility index (Phi) is 8.54. The number of nitrogen functional groups attached to an aromatic ring is 1. The summed E-state index contributed by atoms with van der Waals surface area (Å²) in [5.41, 5.74) is 10.2. The molecule has 0 radical (unpaired) electrons. The van der Waals surface area contributed by atoms with Crippen LogP contribution in [0.4, 0.5) is 5.82 Å². The van der Waals surface area contributed by atoms with E-state index in [0.717, 1.165) is 4.57 Å². The van der Waals surface area contributed by atoms with Gasteiger partial charge in [-0.05, 0) is 0 Å². The fourth-order valence-electron chi connectivity index (χ4n) is 2.44. The third kappa shape index (κ3) is 7.84. The Labute approximate surface area is 179 Å². The van der Waals surface area contributed by atoms with E-state index in [2.05, 4.69) is 30.0 Å². The van der Waals surface area contributed by atoms with E-state index in [-0.39, 0.29) is 24.3 Å². The highest BCUT2D eigenvalue weighted by molar-refractivity contribution is 7.66.